The monoisotopic (exact) mass is 475 g/mol. The fraction of sp³-hybridized carbons (Fsp3) is 0.259. The Hall–Kier alpha value is -3.45. The molecule has 0 unspecified atom stereocenters. The Morgan fingerprint density at radius 3 is 2.56 bits per heavy atom. The van der Waals surface area contributed by atoms with Gasteiger partial charge < -0.3 is 14.4 Å². The lowest BCUT2D eigenvalue weighted by atomic mass is 10.1. The van der Waals surface area contributed by atoms with Crippen LogP contribution >= 0.6 is 11.3 Å². The first-order valence-electron chi connectivity index (χ1n) is 11.4. The summed E-state index contributed by atoms with van der Waals surface area (Å²) in [5, 5.41) is 3.01. The first-order valence-corrected chi connectivity index (χ1v) is 12.3. The first-order chi connectivity index (χ1) is 16.5. The van der Waals surface area contributed by atoms with E-state index in [1.54, 1.807) is 17.4 Å². The molecule has 0 bridgehead atoms. The van der Waals surface area contributed by atoms with Gasteiger partial charge in [0.15, 0.2) is 0 Å². The molecule has 1 fully saturated rings. The number of fused-ring (bicyclic) bond motifs is 1. The third kappa shape index (κ3) is 4.48. The molecule has 5 nitrogen and oxygen atoms in total. The highest BCUT2D eigenvalue weighted by molar-refractivity contribution is 7.16. The minimum Gasteiger partial charge on any atom is -0.336 e. The molecule has 0 saturated carbocycles. The molecule has 1 aliphatic rings. The van der Waals surface area contributed by atoms with Crippen LogP contribution in [-0.4, -0.2) is 51.9 Å². The number of hydrogen-bond donors (Lipinski definition) is 0. The number of halogens is 1. The molecule has 0 aliphatic carbocycles. The maximum absolute atomic E-state index is 13.8. The Bertz CT molecular complexity index is 1330. The van der Waals surface area contributed by atoms with Crippen molar-refractivity contribution in [1.82, 2.24) is 14.4 Å². The van der Waals surface area contributed by atoms with Crippen LogP contribution in [0.2, 0.25) is 0 Å². The molecule has 1 aliphatic heterocycles. The van der Waals surface area contributed by atoms with Crippen LogP contribution in [0.25, 0.3) is 10.2 Å². The molecule has 5 rings (SSSR count). The predicted molar refractivity (Wildman–Crippen MR) is 133 cm³/mol. The standard InChI is InChI=1S/C27H26FN3O2S/c1-19-17-29(11-12-30(19)25(32)15-20-6-3-2-4-7-20)26(33)24-16-22-10-13-34-27(22)31(24)18-21-8-5-9-23(28)14-21/h2-10,13-14,16,19H,11-12,15,17-18H2,1H3/t19-/m1/s1. The van der Waals surface area contributed by atoms with Crippen molar-refractivity contribution in [2.45, 2.75) is 25.9 Å². The van der Waals surface area contributed by atoms with E-state index >= 15 is 0 Å². The maximum atomic E-state index is 13.8. The smallest absolute Gasteiger partial charge is 0.270 e. The summed E-state index contributed by atoms with van der Waals surface area (Å²) in [4.78, 5) is 31.2. The molecular weight excluding hydrogens is 449 g/mol. The van der Waals surface area contributed by atoms with E-state index in [-0.39, 0.29) is 23.7 Å². The maximum Gasteiger partial charge on any atom is 0.270 e. The summed E-state index contributed by atoms with van der Waals surface area (Å²) in [5.41, 5.74) is 2.40. The Morgan fingerprint density at radius 2 is 1.79 bits per heavy atom. The molecule has 2 aromatic carbocycles. The number of piperazine rings is 1. The first kappa shape index (κ1) is 22.3. The van der Waals surface area contributed by atoms with Gasteiger partial charge in [0.05, 0.1) is 6.42 Å². The molecule has 0 radical (unpaired) electrons. The van der Waals surface area contributed by atoms with Gasteiger partial charge in [-0.15, -0.1) is 11.3 Å². The van der Waals surface area contributed by atoms with Crippen molar-refractivity contribution in [2.75, 3.05) is 19.6 Å². The molecular formula is C27H26FN3O2S. The van der Waals surface area contributed by atoms with Gasteiger partial charge in [-0.05, 0) is 47.7 Å². The summed E-state index contributed by atoms with van der Waals surface area (Å²) in [7, 11) is 0. The fourth-order valence-corrected chi connectivity index (χ4v) is 5.57. The number of carbonyl (C=O) groups excluding carboxylic acids is 2. The van der Waals surface area contributed by atoms with Crippen LogP contribution in [0.3, 0.4) is 0 Å². The van der Waals surface area contributed by atoms with E-state index in [2.05, 4.69) is 0 Å². The van der Waals surface area contributed by atoms with E-state index < -0.39 is 0 Å². The topological polar surface area (TPSA) is 45.6 Å². The number of rotatable bonds is 5. The highest BCUT2D eigenvalue weighted by atomic mass is 32.1. The van der Waals surface area contributed by atoms with E-state index in [4.69, 9.17) is 0 Å². The number of aromatic nitrogens is 1. The summed E-state index contributed by atoms with van der Waals surface area (Å²) in [6.07, 6.45) is 0.367. The van der Waals surface area contributed by atoms with Gasteiger partial charge in [-0.25, -0.2) is 4.39 Å². The molecule has 3 heterocycles. The van der Waals surface area contributed by atoms with Crippen LogP contribution in [0.1, 0.15) is 28.5 Å². The molecule has 2 aromatic heterocycles. The van der Waals surface area contributed by atoms with Gasteiger partial charge in [-0.1, -0.05) is 42.5 Å². The zero-order chi connectivity index (χ0) is 23.7. The van der Waals surface area contributed by atoms with Crippen molar-refractivity contribution >= 4 is 33.4 Å². The number of benzene rings is 2. The van der Waals surface area contributed by atoms with Gasteiger partial charge in [0.25, 0.3) is 5.91 Å². The summed E-state index contributed by atoms with van der Waals surface area (Å²) >= 11 is 1.57. The molecule has 1 atom stereocenters. The van der Waals surface area contributed by atoms with E-state index in [9.17, 15) is 14.0 Å². The Morgan fingerprint density at radius 1 is 1.00 bits per heavy atom. The predicted octanol–water partition coefficient (Wildman–Crippen LogP) is 4.81. The molecule has 34 heavy (non-hydrogen) atoms. The van der Waals surface area contributed by atoms with Gasteiger partial charge >= 0.3 is 0 Å². The highest BCUT2D eigenvalue weighted by Crippen LogP contribution is 2.28. The third-order valence-corrected chi connectivity index (χ3v) is 7.34. The number of hydrogen-bond acceptors (Lipinski definition) is 3. The van der Waals surface area contributed by atoms with Crippen LogP contribution in [0.15, 0.2) is 72.1 Å². The molecule has 2 amide bonds. The Labute approximate surface area is 202 Å². The normalized spacial score (nSPS) is 16.2. The number of amides is 2. The zero-order valence-electron chi connectivity index (χ0n) is 19.0. The quantitative estimate of drug-likeness (QED) is 0.416. The second kappa shape index (κ2) is 9.43. The summed E-state index contributed by atoms with van der Waals surface area (Å²) in [6, 6.07) is 20.1. The molecule has 174 valence electrons. The Balaban J connectivity index is 1.33. The van der Waals surface area contributed by atoms with Gasteiger partial charge in [0.1, 0.15) is 16.3 Å². The fourth-order valence-electron chi connectivity index (χ4n) is 4.67. The molecule has 0 spiro atoms. The zero-order valence-corrected chi connectivity index (χ0v) is 19.8. The minimum absolute atomic E-state index is 0.0539. The van der Waals surface area contributed by atoms with E-state index in [1.807, 2.05) is 75.2 Å². The number of carbonyl (C=O) groups is 2. The van der Waals surface area contributed by atoms with Crippen LogP contribution in [0.5, 0.6) is 0 Å². The summed E-state index contributed by atoms with van der Waals surface area (Å²) in [6.45, 7) is 3.90. The second-order valence-corrected chi connectivity index (χ2v) is 9.67. The molecule has 4 aromatic rings. The third-order valence-electron chi connectivity index (χ3n) is 6.38. The van der Waals surface area contributed by atoms with Gasteiger partial charge in [-0.3, -0.25) is 9.59 Å². The van der Waals surface area contributed by atoms with Crippen molar-refractivity contribution in [3.05, 3.63) is 94.7 Å². The van der Waals surface area contributed by atoms with Crippen LogP contribution in [0, 0.1) is 5.82 Å². The van der Waals surface area contributed by atoms with E-state index in [1.165, 1.54) is 12.1 Å². The molecule has 1 saturated heterocycles. The minimum atomic E-state index is -0.287. The van der Waals surface area contributed by atoms with Gasteiger partial charge in [0, 0.05) is 37.6 Å². The summed E-state index contributed by atoms with van der Waals surface area (Å²) < 4.78 is 15.7. The van der Waals surface area contributed by atoms with Crippen molar-refractivity contribution in [2.24, 2.45) is 0 Å². The van der Waals surface area contributed by atoms with Crippen molar-refractivity contribution in [3.63, 3.8) is 0 Å². The lowest BCUT2D eigenvalue weighted by molar-refractivity contribution is -0.134. The lowest BCUT2D eigenvalue weighted by Gasteiger charge is -2.40. The van der Waals surface area contributed by atoms with Crippen LogP contribution in [0.4, 0.5) is 4.39 Å². The van der Waals surface area contributed by atoms with Gasteiger partial charge in [-0.2, -0.15) is 0 Å². The summed E-state index contributed by atoms with van der Waals surface area (Å²) in [5.74, 6) is -0.257. The van der Waals surface area contributed by atoms with E-state index in [0.717, 1.165) is 21.3 Å². The van der Waals surface area contributed by atoms with Crippen molar-refractivity contribution in [3.8, 4) is 0 Å². The largest absolute Gasteiger partial charge is 0.336 e. The number of nitrogens with zero attached hydrogens (tertiary/aromatic N) is 3. The lowest BCUT2D eigenvalue weighted by Crippen LogP contribution is -2.56. The van der Waals surface area contributed by atoms with Crippen molar-refractivity contribution in [1.29, 1.82) is 0 Å². The number of thiophene rings is 1. The SMILES string of the molecule is C[C@@H]1CN(C(=O)c2cc3ccsc3n2Cc2cccc(F)c2)CCN1C(=O)Cc1ccccc1. The molecule has 0 N–H and O–H groups in total. The average molecular weight is 476 g/mol. The highest BCUT2D eigenvalue weighted by Gasteiger charge is 2.31. The Kier molecular flexibility index (Phi) is 6.20. The average Bonchev–Trinajstić information content (AvgIpc) is 3.42. The second-order valence-electron chi connectivity index (χ2n) is 8.78. The van der Waals surface area contributed by atoms with Crippen LogP contribution < -0.4 is 0 Å². The van der Waals surface area contributed by atoms with Crippen molar-refractivity contribution < 1.29 is 14.0 Å². The van der Waals surface area contributed by atoms with E-state index in [0.29, 0.717) is 38.3 Å². The van der Waals surface area contributed by atoms with Crippen LogP contribution in [-0.2, 0) is 17.8 Å². The van der Waals surface area contributed by atoms with Gasteiger partial charge in [0.2, 0.25) is 5.91 Å². The molecule has 7 heteroatoms.